The molecule has 4 heteroatoms. The minimum absolute atomic E-state index is 0.285. The molecule has 1 unspecified atom stereocenters. The maximum atomic E-state index is 5.81. The van der Waals surface area contributed by atoms with E-state index in [9.17, 15) is 0 Å². The molecule has 4 nitrogen and oxygen atoms in total. The Morgan fingerprint density at radius 2 is 2.31 bits per heavy atom. The summed E-state index contributed by atoms with van der Waals surface area (Å²) in [5.41, 5.74) is 5.81. The molecule has 1 rings (SSSR count). The molecule has 1 atom stereocenters. The van der Waals surface area contributed by atoms with E-state index in [1.165, 1.54) is 12.8 Å². The van der Waals surface area contributed by atoms with Crippen molar-refractivity contribution >= 4 is 5.96 Å². The Bertz CT molecular complexity index is 189. The average molecular weight is 185 g/mol. The molecular formula is C9H19N3O. The molecule has 76 valence electrons. The summed E-state index contributed by atoms with van der Waals surface area (Å²) in [6, 6.07) is 0.768. The lowest BCUT2D eigenvalue weighted by molar-refractivity contribution is 0.145. The molecule has 0 radical (unpaired) electrons. The van der Waals surface area contributed by atoms with E-state index in [1.807, 2.05) is 11.9 Å². The second-order valence-corrected chi connectivity index (χ2v) is 3.63. The first kappa shape index (κ1) is 10.3. The number of hydrogen-bond acceptors (Lipinski definition) is 2. The molecule has 0 amide bonds. The molecule has 0 aromatic carbocycles. The minimum Gasteiger partial charge on any atom is -0.383 e. The van der Waals surface area contributed by atoms with E-state index in [1.54, 1.807) is 7.11 Å². The third kappa shape index (κ3) is 3.22. The first-order valence-corrected chi connectivity index (χ1v) is 4.70. The highest BCUT2D eigenvalue weighted by Gasteiger charge is 2.22. The van der Waals surface area contributed by atoms with Crippen LogP contribution in [0.3, 0.4) is 0 Å². The highest BCUT2D eigenvalue weighted by molar-refractivity contribution is 5.78. The van der Waals surface area contributed by atoms with Crippen LogP contribution in [-0.4, -0.2) is 43.7 Å². The van der Waals surface area contributed by atoms with Gasteiger partial charge in [-0.2, -0.15) is 0 Å². The molecule has 0 aromatic heterocycles. The van der Waals surface area contributed by atoms with Gasteiger partial charge >= 0.3 is 0 Å². The fourth-order valence-electron chi connectivity index (χ4n) is 1.06. The fourth-order valence-corrected chi connectivity index (χ4v) is 1.06. The van der Waals surface area contributed by atoms with Crippen molar-refractivity contribution in [1.29, 1.82) is 0 Å². The summed E-state index contributed by atoms with van der Waals surface area (Å²) in [4.78, 5) is 6.32. The van der Waals surface area contributed by atoms with Gasteiger partial charge in [0, 0.05) is 14.2 Å². The van der Waals surface area contributed by atoms with Gasteiger partial charge in [-0.25, -0.2) is 4.99 Å². The third-order valence-electron chi connectivity index (χ3n) is 2.29. The Kier molecular flexibility index (Phi) is 3.54. The number of ether oxygens (including phenoxy) is 1. The predicted octanol–water partition coefficient (Wildman–Crippen LogP) is 0.430. The van der Waals surface area contributed by atoms with Gasteiger partial charge in [-0.05, 0) is 19.8 Å². The SMILES string of the molecule is COCC(C)N(C)C(N)=NC1CC1. The number of nitrogens with zero attached hydrogens (tertiary/aromatic N) is 2. The average Bonchev–Trinajstić information content (AvgIpc) is 2.87. The van der Waals surface area contributed by atoms with Crippen LogP contribution in [0.2, 0.25) is 0 Å². The van der Waals surface area contributed by atoms with E-state index in [0.717, 1.165) is 0 Å². The Morgan fingerprint density at radius 1 is 1.69 bits per heavy atom. The molecule has 1 fully saturated rings. The molecule has 0 heterocycles. The molecule has 0 aliphatic heterocycles. The molecule has 1 saturated carbocycles. The number of rotatable bonds is 4. The Labute approximate surface area is 79.8 Å². The van der Waals surface area contributed by atoms with Crippen LogP contribution in [-0.2, 0) is 4.74 Å². The highest BCUT2D eigenvalue weighted by Crippen LogP contribution is 2.23. The number of likely N-dealkylation sites (N-methyl/N-ethyl adjacent to an activating group) is 1. The van der Waals surface area contributed by atoms with Crippen molar-refractivity contribution in [3.05, 3.63) is 0 Å². The highest BCUT2D eigenvalue weighted by atomic mass is 16.5. The fraction of sp³-hybridized carbons (Fsp3) is 0.889. The number of hydrogen-bond donors (Lipinski definition) is 1. The van der Waals surface area contributed by atoms with Crippen molar-refractivity contribution in [2.75, 3.05) is 20.8 Å². The molecule has 0 spiro atoms. The van der Waals surface area contributed by atoms with E-state index in [0.29, 0.717) is 18.6 Å². The van der Waals surface area contributed by atoms with Gasteiger partial charge in [0.2, 0.25) is 0 Å². The van der Waals surface area contributed by atoms with Gasteiger partial charge in [-0.1, -0.05) is 0 Å². The largest absolute Gasteiger partial charge is 0.383 e. The molecule has 1 aliphatic carbocycles. The second-order valence-electron chi connectivity index (χ2n) is 3.63. The summed E-state index contributed by atoms with van der Waals surface area (Å²) in [5, 5.41) is 0. The van der Waals surface area contributed by atoms with E-state index in [2.05, 4.69) is 11.9 Å². The van der Waals surface area contributed by atoms with Crippen LogP contribution < -0.4 is 5.73 Å². The van der Waals surface area contributed by atoms with Gasteiger partial charge in [0.1, 0.15) is 0 Å². The molecule has 13 heavy (non-hydrogen) atoms. The number of methoxy groups -OCH3 is 1. The van der Waals surface area contributed by atoms with Crippen molar-refractivity contribution in [2.24, 2.45) is 10.7 Å². The minimum atomic E-state index is 0.285. The van der Waals surface area contributed by atoms with Gasteiger partial charge in [0.25, 0.3) is 0 Å². The van der Waals surface area contributed by atoms with E-state index in [-0.39, 0.29) is 6.04 Å². The lowest BCUT2D eigenvalue weighted by atomic mass is 10.3. The molecule has 0 bridgehead atoms. The number of nitrogens with two attached hydrogens (primary N) is 1. The number of guanidine groups is 1. The second kappa shape index (κ2) is 4.46. The molecule has 1 aliphatic rings. The van der Waals surface area contributed by atoms with E-state index in [4.69, 9.17) is 10.5 Å². The third-order valence-corrected chi connectivity index (χ3v) is 2.29. The van der Waals surface area contributed by atoms with Crippen LogP contribution in [0.4, 0.5) is 0 Å². The lowest BCUT2D eigenvalue weighted by Crippen LogP contribution is -2.42. The summed E-state index contributed by atoms with van der Waals surface area (Å²) in [6.45, 7) is 2.75. The van der Waals surface area contributed by atoms with Crippen molar-refractivity contribution in [2.45, 2.75) is 31.8 Å². The zero-order valence-electron chi connectivity index (χ0n) is 8.66. The van der Waals surface area contributed by atoms with Crippen molar-refractivity contribution < 1.29 is 4.74 Å². The zero-order chi connectivity index (χ0) is 9.84. The van der Waals surface area contributed by atoms with Crippen molar-refractivity contribution in [3.63, 3.8) is 0 Å². The topological polar surface area (TPSA) is 50.9 Å². The van der Waals surface area contributed by atoms with E-state index >= 15 is 0 Å². The maximum Gasteiger partial charge on any atom is 0.191 e. The molecule has 0 aromatic rings. The Hall–Kier alpha value is -0.770. The lowest BCUT2D eigenvalue weighted by Gasteiger charge is -2.25. The van der Waals surface area contributed by atoms with Gasteiger partial charge in [0.05, 0.1) is 18.7 Å². The van der Waals surface area contributed by atoms with Gasteiger partial charge in [0.15, 0.2) is 5.96 Å². The maximum absolute atomic E-state index is 5.81. The normalized spacial score (nSPS) is 20.1. The van der Waals surface area contributed by atoms with Gasteiger partial charge in [-0.3, -0.25) is 0 Å². The van der Waals surface area contributed by atoms with Crippen LogP contribution in [0.15, 0.2) is 4.99 Å². The van der Waals surface area contributed by atoms with Gasteiger partial charge in [-0.15, -0.1) is 0 Å². The van der Waals surface area contributed by atoms with Crippen LogP contribution in [0.1, 0.15) is 19.8 Å². The van der Waals surface area contributed by atoms with Crippen LogP contribution in [0, 0.1) is 0 Å². The summed E-state index contributed by atoms with van der Waals surface area (Å²) in [6.07, 6.45) is 2.38. The quantitative estimate of drug-likeness (QED) is 0.510. The predicted molar refractivity (Wildman–Crippen MR) is 53.7 cm³/mol. The molecular weight excluding hydrogens is 166 g/mol. The van der Waals surface area contributed by atoms with Crippen molar-refractivity contribution in [1.82, 2.24) is 4.90 Å². The molecule has 0 saturated heterocycles. The van der Waals surface area contributed by atoms with E-state index < -0.39 is 0 Å². The van der Waals surface area contributed by atoms with Crippen LogP contribution >= 0.6 is 0 Å². The summed E-state index contributed by atoms with van der Waals surface area (Å²) in [7, 11) is 3.64. The Morgan fingerprint density at radius 3 is 2.77 bits per heavy atom. The summed E-state index contributed by atoms with van der Waals surface area (Å²) < 4.78 is 5.04. The monoisotopic (exact) mass is 185 g/mol. The molecule has 2 N–H and O–H groups in total. The van der Waals surface area contributed by atoms with Crippen LogP contribution in [0.25, 0.3) is 0 Å². The number of aliphatic imine (C=N–C) groups is 1. The van der Waals surface area contributed by atoms with Crippen molar-refractivity contribution in [3.8, 4) is 0 Å². The van der Waals surface area contributed by atoms with Crippen LogP contribution in [0.5, 0.6) is 0 Å². The first-order valence-electron chi connectivity index (χ1n) is 4.70. The van der Waals surface area contributed by atoms with Gasteiger partial charge < -0.3 is 15.4 Å². The summed E-state index contributed by atoms with van der Waals surface area (Å²) in [5.74, 6) is 0.632. The standard InChI is InChI=1S/C9H19N3O/c1-7(6-13-3)12(2)9(10)11-8-4-5-8/h7-8H,4-6H2,1-3H3,(H2,10,11). The smallest absolute Gasteiger partial charge is 0.191 e. The first-order chi connectivity index (χ1) is 6.15. The summed E-state index contributed by atoms with van der Waals surface area (Å²) >= 11 is 0. The Balaban J connectivity index is 2.39. The zero-order valence-corrected chi connectivity index (χ0v) is 8.66.